The Morgan fingerprint density at radius 2 is 2.46 bits per heavy atom. The molecule has 0 unspecified atom stereocenters. The SMILES string of the molecule is [C]1=c2sccc2=C2CC=CC=C2O1. The van der Waals surface area contributed by atoms with Crippen molar-refractivity contribution in [3.8, 4) is 0 Å². The fourth-order valence-corrected chi connectivity index (χ4v) is 2.36. The monoisotopic (exact) mass is 187 g/mol. The van der Waals surface area contributed by atoms with E-state index in [1.807, 2.05) is 12.2 Å². The van der Waals surface area contributed by atoms with E-state index in [9.17, 15) is 0 Å². The average Bonchev–Trinajstić information content (AvgIpc) is 2.65. The standard InChI is InChI=1S/C11H7OS/c1-2-4-10-8(3-1)9-5-6-13-11(9)7-12-10/h1-2,4-6H,3H2. The Morgan fingerprint density at radius 3 is 3.46 bits per heavy atom. The van der Waals surface area contributed by atoms with Crippen LogP contribution >= 0.6 is 11.3 Å². The molecule has 2 heterocycles. The third-order valence-electron chi connectivity index (χ3n) is 2.25. The van der Waals surface area contributed by atoms with Crippen molar-refractivity contribution in [3.63, 3.8) is 0 Å². The summed E-state index contributed by atoms with van der Waals surface area (Å²) in [6, 6.07) is 2.14. The number of thiophene rings is 1. The van der Waals surface area contributed by atoms with E-state index in [-0.39, 0.29) is 0 Å². The Morgan fingerprint density at radius 1 is 1.46 bits per heavy atom. The number of fused-ring (bicyclic) bond motifs is 2. The molecule has 0 atom stereocenters. The molecule has 63 valence electrons. The Labute approximate surface area is 80.0 Å². The first-order chi connectivity index (χ1) is 6.45. The van der Waals surface area contributed by atoms with Gasteiger partial charge in [-0.3, -0.25) is 0 Å². The first-order valence-electron chi connectivity index (χ1n) is 4.19. The lowest BCUT2D eigenvalue weighted by molar-refractivity contribution is 0.420. The normalized spacial score (nSPS) is 18.2. The highest BCUT2D eigenvalue weighted by Crippen LogP contribution is 2.22. The molecule has 1 aromatic rings. The maximum absolute atomic E-state index is 5.40. The highest BCUT2D eigenvalue weighted by Gasteiger charge is 2.13. The van der Waals surface area contributed by atoms with Crippen molar-refractivity contribution in [1.29, 1.82) is 0 Å². The van der Waals surface area contributed by atoms with Crippen molar-refractivity contribution >= 4 is 23.2 Å². The minimum atomic E-state index is 0.952. The van der Waals surface area contributed by atoms with E-state index < -0.39 is 0 Å². The van der Waals surface area contributed by atoms with E-state index in [1.54, 1.807) is 11.3 Å². The van der Waals surface area contributed by atoms with Crippen LogP contribution in [0.5, 0.6) is 0 Å². The molecule has 0 fully saturated rings. The predicted octanol–water partition coefficient (Wildman–Crippen LogP) is 1.39. The molecule has 3 rings (SSSR count). The molecule has 0 amide bonds. The smallest absolute Gasteiger partial charge is 0.189 e. The molecule has 1 radical (unpaired) electrons. The lowest BCUT2D eigenvalue weighted by Gasteiger charge is -2.13. The molecular weight excluding hydrogens is 180 g/mol. The minimum Gasteiger partial charge on any atom is -0.452 e. The van der Waals surface area contributed by atoms with E-state index in [4.69, 9.17) is 4.74 Å². The molecule has 0 N–H and O–H groups in total. The summed E-state index contributed by atoms with van der Waals surface area (Å²) in [5.41, 5.74) is 1.29. The van der Waals surface area contributed by atoms with Crippen molar-refractivity contribution in [2.75, 3.05) is 0 Å². The summed E-state index contributed by atoms with van der Waals surface area (Å²) in [7, 11) is 0. The molecule has 0 spiro atoms. The highest BCUT2D eigenvalue weighted by molar-refractivity contribution is 7.07. The van der Waals surface area contributed by atoms with E-state index in [0.717, 1.165) is 16.7 Å². The summed E-state index contributed by atoms with van der Waals surface area (Å²) >= 11 is 1.67. The van der Waals surface area contributed by atoms with E-state index in [2.05, 4.69) is 23.8 Å². The van der Waals surface area contributed by atoms with E-state index in [1.165, 1.54) is 10.8 Å². The zero-order valence-corrected chi connectivity index (χ0v) is 7.73. The second-order valence-corrected chi connectivity index (χ2v) is 3.93. The molecule has 1 aliphatic carbocycles. The zero-order chi connectivity index (χ0) is 8.67. The summed E-state index contributed by atoms with van der Waals surface area (Å²) in [5, 5.41) is 3.36. The molecule has 0 aromatic carbocycles. The largest absolute Gasteiger partial charge is 0.452 e. The van der Waals surface area contributed by atoms with Gasteiger partial charge in [-0.1, -0.05) is 12.2 Å². The lowest BCUT2D eigenvalue weighted by Crippen LogP contribution is -2.26. The molecule has 0 bridgehead atoms. The Kier molecular flexibility index (Phi) is 1.43. The highest BCUT2D eigenvalue weighted by atomic mass is 32.1. The summed E-state index contributed by atoms with van der Waals surface area (Å²) in [6.07, 6.45) is 10.1. The summed E-state index contributed by atoms with van der Waals surface area (Å²) in [5.74, 6) is 0.952. The fourth-order valence-electron chi connectivity index (χ4n) is 1.61. The van der Waals surface area contributed by atoms with Gasteiger partial charge in [0.2, 0.25) is 0 Å². The van der Waals surface area contributed by atoms with Crippen LogP contribution in [0.4, 0.5) is 0 Å². The molecule has 0 saturated heterocycles. The van der Waals surface area contributed by atoms with Crippen LogP contribution in [0.2, 0.25) is 0 Å². The van der Waals surface area contributed by atoms with Crippen LogP contribution in [-0.2, 0) is 4.74 Å². The number of hydrogen-bond acceptors (Lipinski definition) is 2. The first-order valence-corrected chi connectivity index (χ1v) is 5.07. The van der Waals surface area contributed by atoms with Gasteiger partial charge in [-0.05, 0) is 23.9 Å². The Hall–Kier alpha value is -1.28. The van der Waals surface area contributed by atoms with E-state index >= 15 is 0 Å². The first kappa shape index (κ1) is 7.15. The van der Waals surface area contributed by atoms with Gasteiger partial charge in [0.05, 0.1) is 4.53 Å². The van der Waals surface area contributed by atoms with E-state index in [0.29, 0.717) is 0 Å². The minimum absolute atomic E-state index is 0.952. The van der Waals surface area contributed by atoms with Gasteiger partial charge < -0.3 is 4.74 Å². The van der Waals surface area contributed by atoms with Crippen molar-refractivity contribution in [2.45, 2.75) is 6.42 Å². The quantitative estimate of drug-likeness (QED) is 0.596. The second-order valence-electron chi connectivity index (χ2n) is 3.01. The maximum atomic E-state index is 5.40. The zero-order valence-electron chi connectivity index (χ0n) is 6.91. The summed E-state index contributed by atoms with van der Waals surface area (Å²) in [4.78, 5) is 0. The number of allylic oxidation sites excluding steroid dienone is 4. The van der Waals surface area contributed by atoms with Crippen LogP contribution in [0.15, 0.2) is 35.4 Å². The van der Waals surface area contributed by atoms with Crippen molar-refractivity contribution in [2.24, 2.45) is 0 Å². The molecule has 2 heteroatoms. The van der Waals surface area contributed by atoms with Gasteiger partial charge in [0.25, 0.3) is 0 Å². The summed E-state index contributed by atoms with van der Waals surface area (Å²) in [6.45, 7) is 0. The van der Waals surface area contributed by atoms with Crippen molar-refractivity contribution in [3.05, 3.63) is 45.2 Å². The topological polar surface area (TPSA) is 9.23 Å². The molecule has 1 aliphatic heterocycles. The van der Waals surface area contributed by atoms with Gasteiger partial charge in [-0.15, -0.1) is 11.3 Å². The third-order valence-corrected chi connectivity index (χ3v) is 3.06. The Balaban J connectivity index is 2.42. The maximum Gasteiger partial charge on any atom is 0.189 e. The Bertz CT molecular complexity index is 517. The average molecular weight is 187 g/mol. The molecule has 0 saturated carbocycles. The van der Waals surface area contributed by atoms with Gasteiger partial charge in [0, 0.05) is 10.8 Å². The fraction of sp³-hybridized carbons (Fsp3) is 0.0909. The van der Waals surface area contributed by atoms with Crippen LogP contribution in [0.3, 0.4) is 0 Å². The van der Waals surface area contributed by atoms with Gasteiger partial charge in [0.1, 0.15) is 5.76 Å². The molecule has 1 nitrogen and oxygen atoms in total. The van der Waals surface area contributed by atoms with Gasteiger partial charge in [0.15, 0.2) is 6.26 Å². The van der Waals surface area contributed by atoms with Gasteiger partial charge in [-0.2, -0.15) is 0 Å². The van der Waals surface area contributed by atoms with Crippen LogP contribution in [-0.4, -0.2) is 0 Å². The molecular formula is C11H7OS. The molecule has 2 aliphatic rings. The van der Waals surface area contributed by atoms with Gasteiger partial charge >= 0.3 is 0 Å². The molecule has 1 aromatic heterocycles. The predicted molar refractivity (Wildman–Crippen MR) is 53.3 cm³/mol. The summed E-state index contributed by atoms with van der Waals surface area (Å²) < 4.78 is 6.51. The van der Waals surface area contributed by atoms with Crippen molar-refractivity contribution < 1.29 is 4.74 Å². The van der Waals surface area contributed by atoms with Crippen molar-refractivity contribution in [1.82, 2.24) is 0 Å². The van der Waals surface area contributed by atoms with Crippen LogP contribution in [0, 0.1) is 0 Å². The molecule has 13 heavy (non-hydrogen) atoms. The van der Waals surface area contributed by atoms with Crippen LogP contribution in [0.1, 0.15) is 6.42 Å². The second kappa shape index (κ2) is 2.60. The lowest BCUT2D eigenvalue weighted by atomic mass is 10.0. The number of ether oxygens (including phenoxy) is 1. The third kappa shape index (κ3) is 0.988. The van der Waals surface area contributed by atoms with Crippen LogP contribution < -0.4 is 9.75 Å². The van der Waals surface area contributed by atoms with Gasteiger partial charge in [-0.25, -0.2) is 0 Å². The number of hydrogen-bond donors (Lipinski definition) is 0. The number of rotatable bonds is 0. The van der Waals surface area contributed by atoms with Crippen LogP contribution in [0.25, 0.3) is 11.8 Å².